The third kappa shape index (κ3) is 4.21. The van der Waals surface area contributed by atoms with Crippen molar-refractivity contribution in [2.75, 3.05) is 36.5 Å². The number of aryl methyl sites for hydroxylation is 1. The number of carbonyl (C=O) groups is 1. The molecule has 0 radical (unpaired) electrons. The van der Waals surface area contributed by atoms with E-state index in [1.54, 1.807) is 6.08 Å². The molecule has 0 saturated carbocycles. The largest absolute Gasteiger partial charge is 0.378 e. The number of hydrogen-bond acceptors (Lipinski definition) is 4. The van der Waals surface area contributed by atoms with Gasteiger partial charge in [-0.3, -0.25) is 4.79 Å². The van der Waals surface area contributed by atoms with Crippen LogP contribution in [0, 0.1) is 6.92 Å². The molecular formula is C23H23N3O2. The number of aromatic nitrogens is 1. The summed E-state index contributed by atoms with van der Waals surface area (Å²) in [7, 11) is 0. The molecule has 28 heavy (non-hydrogen) atoms. The first-order valence-electron chi connectivity index (χ1n) is 9.47. The molecule has 0 bridgehead atoms. The molecule has 5 heteroatoms. The van der Waals surface area contributed by atoms with Gasteiger partial charge in [0.25, 0.3) is 0 Å². The highest BCUT2D eigenvalue weighted by Gasteiger charge is 2.12. The maximum atomic E-state index is 12.3. The lowest BCUT2D eigenvalue weighted by atomic mass is 10.1. The zero-order valence-corrected chi connectivity index (χ0v) is 15.9. The lowest BCUT2D eigenvalue weighted by molar-refractivity contribution is -0.111. The Labute approximate surface area is 164 Å². The molecule has 5 nitrogen and oxygen atoms in total. The van der Waals surface area contributed by atoms with Crippen LogP contribution in [-0.4, -0.2) is 37.2 Å². The van der Waals surface area contributed by atoms with Crippen LogP contribution in [0.15, 0.2) is 60.7 Å². The number of para-hydroxylation sites is 1. The quantitative estimate of drug-likeness (QED) is 0.702. The maximum absolute atomic E-state index is 12.3. The molecule has 142 valence electrons. The van der Waals surface area contributed by atoms with E-state index in [2.05, 4.69) is 21.3 Å². The van der Waals surface area contributed by atoms with Crippen molar-refractivity contribution in [1.82, 2.24) is 4.98 Å². The second-order valence-electron chi connectivity index (χ2n) is 6.85. The van der Waals surface area contributed by atoms with Crippen molar-refractivity contribution in [3.8, 4) is 0 Å². The van der Waals surface area contributed by atoms with Crippen molar-refractivity contribution in [2.24, 2.45) is 0 Å². The first-order chi connectivity index (χ1) is 13.7. The van der Waals surface area contributed by atoms with Gasteiger partial charge in [0.1, 0.15) is 0 Å². The van der Waals surface area contributed by atoms with Crippen LogP contribution < -0.4 is 10.2 Å². The lowest BCUT2D eigenvalue weighted by Gasteiger charge is -2.29. The third-order valence-corrected chi connectivity index (χ3v) is 4.87. The highest BCUT2D eigenvalue weighted by atomic mass is 16.5. The molecular weight excluding hydrogens is 350 g/mol. The summed E-state index contributed by atoms with van der Waals surface area (Å²) < 4.78 is 5.40. The number of nitrogens with zero attached hydrogens (tertiary/aromatic N) is 2. The Kier molecular flexibility index (Phi) is 5.35. The van der Waals surface area contributed by atoms with Crippen LogP contribution in [0.4, 0.5) is 11.4 Å². The fraction of sp³-hybridized carbons (Fsp3) is 0.217. The molecule has 1 fully saturated rings. The number of fused-ring (bicyclic) bond motifs is 1. The van der Waals surface area contributed by atoms with Crippen LogP contribution in [0.25, 0.3) is 17.0 Å². The summed E-state index contributed by atoms with van der Waals surface area (Å²) in [4.78, 5) is 19.2. The van der Waals surface area contributed by atoms with E-state index in [0.717, 1.165) is 59.8 Å². The normalized spacial score (nSPS) is 14.5. The van der Waals surface area contributed by atoms with Crippen LogP contribution in [0.2, 0.25) is 0 Å². The van der Waals surface area contributed by atoms with Crippen LogP contribution in [0.1, 0.15) is 11.3 Å². The lowest BCUT2D eigenvalue weighted by Crippen LogP contribution is -2.36. The van der Waals surface area contributed by atoms with Gasteiger partial charge in [-0.15, -0.1) is 0 Å². The Morgan fingerprint density at radius 3 is 2.75 bits per heavy atom. The molecule has 1 amide bonds. The molecule has 1 N–H and O–H groups in total. The van der Waals surface area contributed by atoms with Gasteiger partial charge >= 0.3 is 0 Å². The maximum Gasteiger partial charge on any atom is 0.248 e. The summed E-state index contributed by atoms with van der Waals surface area (Å²) in [6.07, 6.45) is 3.26. The van der Waals surface area contributed by atoms with Crippen molar-refractivity contribution in [3.05, 3.63) is 71.9 Å². The first kappa shape index (κ1) is 18.2. The Balaban J connectivity index is 1.43. The first-order valence-corrected chi connectivity index (χ1v) is 9.47. The molecule has 0 spiro atoms. The van der Waals surface area contributed by atoms with Gasteiger partial charge in [0.15, 0.2) is 0 Å². The second-order valence-corrected chi connectivity index (χ2v) is 6.85. The van der Waals surface area contributed by atoms with Crippen molar-refractivity contribution in [3.63, 3.8) is 0 Å². The fourth-order valence-electron chi connectivity index (χ4n) is 3.32. The fourth-order valence-corrected chi connectivity index (χ4v) is 3.32. The minimum Gasteiger partial charge on any atom is -0.378 e. The molecule has 0 atom stereocenters. The summed E-state index contributed by atoms with van der Waals surface area (Å²) in [6, 6.07) is 18.0. The smallest absolute Gasteiger partial charge is 0.248 e. The summed E-state index contributed by atoms with van der Waals surface area (Å²) in [5.74, 6) is -0.169. The SMILES string of the molecule is Cc1cc(N2CCOCC2)ccc1NC(=O)/C=C/c1ccc2ccccc2n1. The van der Waals surface area contributed by atoms with E-state index in [0.29, 0.717) is 0 Å². The minimum atomic E-state index is -0.169. The minimum absolute atomic E-state index is 0.169. The van der Waals surface area contributed by atoms with E-state index in [-0.39, 0.29) is 5.91 Å². The van der Waals surface area contributed by atoms with Gasteiger partial charge in [0, 0.05) is 35.9 Å². The number of anilines is 2. The van der Waals surface area contributed by atoms with Crippen LogP contribution in [0.5, 0.6) is 0 Å². The number of benzene rings is 2. The van der Waals surface area contributed by atoms with E-state index in [1.165, 1.54) is 6.08 Å². The van der Waals surface area contributed by atoms with E-state index in [4.69, 9.17) is 4.74 Å². The van der Waals surface area contributed by atoms with Gasteiger partial charge in [-0.1, -0.05) is 24.3 Å². The van der Waals surface area contributed by atoms with E-state index < -0.39 is 0 Å². The number of hydrogen-bond donors (Lipinski definition) is 1. The second kappa shape index (κ2) is 8.23. The number of rotatable bonds is 4. The van der Waals surface area contributed by atoms with Crippen LogP contribution in [0.3, 0.4) is 0 Å². The molecule has 4 rings (SSSR count). The number of amides is 1. The zero-order chi connectivity index (χ0) is 19.3. The van der Waals surface area contributed by atoms with E-state index >= 15 is 0 Å². The van der Waals surface area contributed by atoms with Crippen molar-refractivity contribution in [1.29, 1.82) is 0 Å². The Bertz CT molecular complexity index is 1020. The Morgan fingerprint density at radius 1 is 1.11 bits per heavy atom. The predicted octanol–water partition coefficient (Wildman–Crippen LogP) is 4.03. The molecule has 1 aliphatic heterocycles. The molecule has 2 aromatic carbocycles. The number of pyridine rings is 1. The van der Waals surface area contributed by atoms with Crippen molar-refractivity contribution in [2.45, 2.75) is 6.92 Å². The van der Waals surface area contributed by atoms with Crippen LogP contribution >= 0.6 is 0 Å². The highest BCUT2D eigenvalue weighted by Crippen LogP contribution is 2.23. The average Bonchev–Trinajstić information content (AvgIpc) is 2.74. The molecule has 0 unspecified atom stereocenters. The topological polar surface area (TPSA) is 54.5 Å². The molecule has 1 aromatic heterocycles. The summed E-state index contributed by atoms with van der Waals surface area (Å²) in [5, 5.41) is 4.03. The van der Waals surface area contributed by atoms with Crippen LogP contribution in [-0.2, 0) is 9.53 Å². The third-order valence-electron chi connectivity index (χ3n) is 4.87. The monoisotopic (exact) mass is 373 g/mol. The summed E-state index contributed by atoms with van der Waals surface area (Å²) in [6.45, 7) is 5.31. The standard InChI is InChI=1S/C23H23N3O2/c1-17-16-20(26-12-14-28-15-13-26)9-10-21(17)25-23(27)11-8-19-7-6-18-4-2-3-5-22(18)24-19/h2-11,16H,12-15H2,1H3,(H,25,27)/b11-8+. The van der Waals surface area contributed by atoms with E-state index in [9.17, 15) is 4.79 Å². The van der Waals surface area contributed by atoms with Gasteiger partial charge in [0.2, 0.25) is 5.91 Å². The number of carbonyl (C=O) groups excluding carboxylic acids is 1. The van der Waals surface area contributed by atoms with Crippen molar-refractivity contribution < 1.29 is 9.53 Å². The summed E-state index contributed by atoms with van der Waals surface area (Å²) in [5.41, 5.74) is 4.69. The Morgan fingerprint density at radius 2 is 1.93 bits per heavy atom. The molecule has 2 heterocycles. The molecule has 1 saturated heterocycles. The van der Waals surface area contributed by atoms with E-state index in [1.807, 2.05) is 55.5 Å². The summed E-state index contributed by atoms with van der Waals surface area (Å²) >= 11 is 0. The molecule has 1 aliphatic rings. The molecule has 3 aromatic rings. The number of ether oxygens (including phenoxy) is 1. The molecule has 0 aliphatic carbocycles. The van der Waals surface area contributed by atoms with Gasteiger partial charge in [-0.25, -0.2) is 4.98 Å². The Hall–Kier alpha value is -3.18. The number of morpholine rings is 1. The van der Waals surface area contributed by atoms with Gasteiger partial charge < -0.3 is 15.0 Å². The zero-order valence-electron chi connectivity index (χ0n) is 15.9. The highest BCUT2D eigenvalue weighted by molar-refractivity contribution is 6.02. The van der Waals surface area contributed by atoms with Gasteiger partial charge in [-0.05, 0) is 48.9 Å². The average molecular weight is 373 g/mol. The number of nitrogens with one attached hydrogen (secondary N) is 1. The van der Waals surface area contributed by atoms with Crippen molar-refractivity contribution >= 4 is 34.3 Å². The predicted molar refractivity (Wildman–Crippen MR) is 114 cm³/mol. The van der Waals surface area contributed by atoms with Gasteiger partial charge in [0.05, 0.1) is 24.4 Å². The van der Waals surface area contributed by atoms with Gasteiger partial charge in [-0.2, -0.15) is 0 Å².